The standard InChI is InChI=1S/C20H11BrO4/c1-10-8-14(21)17-18(16(10)15-7-6-11(9-22)25-15)20(24)13-5-3-2-4-12(13)19(17)23/h2-9H,1H3. The number of aldehydes is 1. The molecule has 1 aliphatic carbocycles. The molecule has 4 nitrogen and oxygen atoms in total. The molecule has 1 aliphatic rings. The first-order chi connectivity index (χ1) is 12.0. The van der Waals surface area contributed by atoms with Gasteiger partial charge in [0.25, 0.3) is 0 Å². The van der Waals surface area contributed by atoms with Gasteiger partial charge in [0.1, 0.15) is 5.76 Å². The zero-order chi connectivity index (χ0) is 17.7. The quantitative estimate of drug-likeness (QED) is 0.465. The number of benzene rings is 2. The lowest BCUT2D eigenvalue weighted by molar-refractivity contribution is 0.0979. The van der Waals surface area contributed by atoms with Crippen LogP contribution in [0.2, 0.25) is 0 Å². The second-order valence-electron chi connectivity index (χ2n) is 5.82. The van der Waals surface area contributed by atoms with E-state index in [9.17, 15) is 14.4 Å². The molecule has 1 aromatic heterocycles. The number of furan rings is 1. The van der Waals surface area contributed by atoms with Crippen molar-refractivity contribution in [1.82, 2.24) is 0 Å². The van der Waals surface area contributed by atoms with E-state index in [4.69, 9.17) is 4.42 Å². The Labute approximate surface area is 151 Å². The Hall–Kier alpha value is -2.79. The summed E-state index contributed by atoms with van der Waals surface area (Å²) < 4.78 is 6.10. The highest BCUT2D eigenvalue weighted by Gasteiger charge is 2.35. The molecule has 0 bridgehead atoms. The van der Waals surface area contributed by atoms with Gasteiger partial charge in [0.15, 0.2) is 23.6 Å². The average molecular weight is 395 g/mol. The van der Waals surface area contributed by atoms with Gasteiger partial charge in [-0.25, -0.2) is 0 Å². The molecule has 3 aromatic rings. The molecule has 0 saturated carbocycles. The van der Waals surface area contributed by atoms with Crippen molar-refractivity contribution in [2.45, 2.75) is 6.92 Å². The third kappa shape index (κ3) is 2.23. The van der Waals surface area contributed by atoms with Crippen LogP contribution < -0.4 is 0 Å². The Balaban J connectivity index is 2.08. The number of fused-ring (bicyclic) bond motifs is 2. The van der Waals surface area contributed by atoms with E-state index in [1.54, 1.807) is 42.5 Å². The van der Waals surface area contributed by atoms with Crippen molar-refractivity contribution >= 4 is 33.8 Å². The van der Waals surface area contributed by atoms with Crippen LogP contribution in [0.5, 0.6) is 0 Å². The van der Waals surface area contributed by atoms with Crippen molar-refractivity contribution in [1.29, 1.82) is 0 Å². The molecule has 2 aromatic carbocycles. The second-order valence-corrected chi connectivity index (χ2v) is 6.68. The summed E-state index contributed by atoms with van der Waals surface area (Å²) >= 11 is 3.42. The molecule has 0 N–H and O–H groups in total. The van der Waals surface area contributed by atoms with Crippen LogP contribution in [0, 0.1) is 6.92 Å². The van der Waals surface area contributed by atoms with Crippen molar-refractivity contribution < 1.29 is 18.8 Å². The van der Waals surface area contributed by atoms with Gasteiger partial charge in [-0.3, -0.25) is 14.4 Å². The summed E-state index contributed by atoms with van der Waals surface area (Å²) in [5, 5.41) is 0. The molecular weight excluding hydrogens is 384 g/mol. The Bertz CT molecular complexity index is 1080. The largest absolute Gasteiger partial charge is 0.453 e. The Morgan fingerprint density at radius 1 is 0.920 bits per heavy atom. The van der Waals surface area contributed by atoms with E-state index in [1.807, 2.05) is 6.92 Å². The lowest BCUT2D eigenvalue weighted by Gasteiger charge is -2.22. The van der Waals surface area contributed by atoms with Crippen molar-refractivity contribution in [2.24, 2.45) is 0 Å². The molecule has 0 atom stereocenters. The summed E-state index contributed by atoms with van der Waals surface area (Å²) in [6.45, 7) is 1.84. The molecule has 4 rings (SSSR count). The third-order valence-electron chi connectivity index (χ3n) is 4.34. The molecule has 122 valence electrons. The number of halogens is 1. The van der Waals surface area contributed by atoms with Crippen LogP contribution in [0.25, 0.3) is 11.3 Å². The molecule has 0 spiro atoms. The van der Waals surface area contributed by atoms with Gasteiger partial charge in [0.05, 0.1) is 0 Å². The van der Waals surface area contributed by atoms with E-state index >= 15 is 0 Å². The highest BCUT2D eigenvalue weighted by Crippen LogP contribution is 2.40. The monoisotopic (exact) mass is 394 g/mol. The van der Waals surface area contributed by atoms with Crippen LogP contribution in [0.1, 0.15) is 48.0 Å². The van der Waals surface area contributed by atoms with Crippen LogP contribution in [-0.4, -0.2) is 17.9 Å². The fraction of sp³-hybridized carbons (Fsp3) is 0.0500. The molecule has 0 aliphatic heterocycles. The normalized spacial score (nSPS) is 12.7. The minimum Gasteiger partial charge on any atom is -0.453 e. The predicted octanol–water partition coefficient (Wildman–Crippen LogP) is 4.61. The zero-order valence-corrected chi connectivity index (χ0v) is 14.7. The van der Waals surface area contributed by atoms with E-state index < -0.39 is 0 Å². The molecule has 0 amide bonds. The third-order valence-corrected chi connectivity index (χ3v) is 4.96. The SMILES string of the molecule is Cc1cc(Br)c2c(c1-c1ccc(C=O)o1)C(=O)c1ccccc1C2=O. The zero-order valence-electron chi connectivity index (χ0n) is 13.1. The van der Waals surface area contributed by atoms with E-state index in [0.717, 1.165) is 5.56 Å². The van der Waals surface area contributed by atoms with Crippen molar-refractivity contribution in [3.8, 4) is 11.3 Å². The van der Waals surface area contributed by atoms with Gasteiger partial charge in [-0.15, -0.1) is 0 Å². The molecule has 0 saturated heterocycles. The smallest absolute Gasteiger partial charge is 0.195 e. The maximum atomic E-state index is 13.1. The lowest BCUT2D eigenvalue weighted by atomic mass is 9.80. The second kappa shape index (κ2) is 5.63. The topological polar surface area (TPSA) is 64.3 Å². The highest BCUT2D eigenvalue weighted by atomic mass is 79.9. The average Bonchev–Trinajstić information content (AvgIpc) is 3.08. The van der Waals surface area contributed by atoms with E-state index in [0.29, 0.717) is 44.3 Å². The minimum atomic E-state index is -0.228. The number of rotatable bonds is 2. The van der Waals surface area contributed by atoms with Crippen LogP contribution >= 0.6 is 15.9 Å². The minimum absolute atomic E-state index is 0.168. The van der Waals surface area contributed by atoms with Gasteiger partial charge >= 0.3 is 0 Å². The van der Waals surface area contributed by atoms with Gasteiger partial charge in [-0.05, 0) is 46.6 Å². The summed E-state index contributed by atoms with van der Waals surface area (Å²) in [5.74, 6) is 0.124. The number of carbonyl (C=O) groups excluding carboxylic acids is 3. The van der Waals surface area contributed by atoms with Gasteiger partial charge in [-0.2, -0.15) is 0 Å². The summed E-state index contributed by atoms with van der Waals surface area (Å²) in [5.41, 5.74) is 2.72. The van der Waals surface area contributed by atoms with Gasteiger partial charge < -0.3 is 4.42 Å². The van der Waals surface area contributed by atoms with Gasteiger partial charge in [-0.1, -0.05) is 24.3 Å². The van der Waals surface area contributed by atoms with Crippen LogP contribution in [0.4, 0.5) is 0 Å². The number of ketones is 2. The Kier molecular flexibility index (Phi) is 3.54. The van der Waals surface area contributed by atoms with Crippen LogP contribution in [0.3, 0.4) is 0 Å². The maximum Gasteiger partial charge on any atom is 0.195 e. The Morgan fingerprint density at radius 2 is 1.56 bits per heavy atom. The number of hydrogen-bond donors (Lipinski definition) is 0. The Morgan fingerprint density at radius 3 is 2.16 bits per heavy atom. The van der Waals surface area contributed by atoms with Gasteiger partial charge in [0, 0.05) is 32.3 Å². The number of aryl methyl sites for hydroxylation is 1. The summed E-state index contributed by atoms with van der Waals surface area (Å²) in [6.07, 6.45) is 0.604. The maximum absolute atomic E-state index is 13.1. The van der Waals surface area contributed by atoms with E-state index in [1.165, 1.54) is 0 Å². The summed E-state index contributed by atoms with van der Waals surface area (Å²) in [6, 6.07) is 11.7. The van der Waals surface area contributed by atoms with Crippen LogP contribution in [-0.2, 0) is 0 Å². The number of carbonyl (C=O) groups is 3. The summed E-state index contributed by atoms with van der Waals surface area (Å²) in [7, 11) is 0. The molecule has 0 fully saturated rings. The van der Waals surface area contributed by atoms with E-state index in [2.05, 4.69) is 15.9 Å². The van der Waals surface area contributed by atoms with Crippen molar-refractivity contribution in [3.63, 3.8) is 0 Å². The fourth-order valence-electron chi connectivity index (χ4n) is 3.24. The molecular formula is C20H11BrO4. The first kappa shape index (κ1) is 15.7. The molecule has 25 heavy (non-hydrogen) atoms. The lowest BCUT2D eigenvalue weighted by Crippen LogP contribution is -2.22. The highest BCUT2D eigenvalue weighted by molar-refractivity contribution is 9.10. The first-order valence-corrected chi connectivity index (χ1v) is 8.39. The molecule has 1 heterocycles. The number of hydrogen-bond acceptors (Lipinski definition) is 4. The van der Waals surface area contributed by atoms with Crippen molar-refractivity contribution in [3.05, 3.63) is 80.5 Å². The van der Waals surface area contributed by atoms with E-state index in [-0.39, 0.29) is 17.3 Å². The van der Waals surface area contributed by atoms with Crippen LogP contribution in [0.15, 0.2) is 51.4 Å². The molecule has 0 unspecified atom stereocenters. The van der Waals surface area contributed by atoms with Crippen molar-refractivity contribution in [2.75, 3.05) is 0 Å². The summed E-state index contributed by atoms with van der Waals surface area (Å²) in [4.78, 5) is 37.0. The molecule has 5 heteroatoms. The first-order valence-electron chi connectivity index (χ1n) is 7.60. The predicted molar refractivity (Wildman–Crippen MR) is 95.3 cm³/mol. The molecule has 0 radical (unpaired) electrons. The van der Waals surface area contributed by atoms with Gasteiger partial charge in [0.2, 0.25) is 0 Å². The fourth-order valence-corrected chi connectivity index (χ4v) is 3.96.